The van der Waals surface area contributed by atoms with Crippen molar-refractivity contribution in [3.8, 4) is 0 Å². The molecule has 88 valence electrons. The minimum absolute atomic E-state index is 0.0111. The predicted molar refractivity (Wildman–Crippen MR) is 56.0 cm³/mol. The third-order valence-electron chi connectivity index (χ3n) is 2.27. The van der Waals surface area contributed by atoms with Crippen LogP contribution < -0.4 is 11.1 Å². The molecule has 1 unspecified atom stereocenters. The van der Waals surface area contributed by atoms with Gasteiger partial charge in [-0.2, -0.15) is 0 Å². The second-order valence-electron chi connectivity index (χ2n) is 3.84. The lowest BCUT2D eigenvalue weighted by molar-refractivity contribution is -0.129. The summed E-state index contributed by atoms with van der Waals surface area (Å²) in [4.78, 5) is 22.5. The van der Waals surface area contributed by atoms with Gasteiger partial charge in [-0.05, 0) is 12.3 Å². The first-order valence-corrected chi connectivity index (χ1v) is 5.08. The summed E-state index contributed by atoms with van der Waals surface area (Å²) in [6.07, 6.45) is 0.374. The molecule has 0 rings (SSSR count). The molecule has 3 N–H and O–H groups in total. The number of alkyl halides is 1. The van der Waals surface area contributed by atoms with E-state index in [1.807, 2.05) is 13.8 Å². The lowest BCUT2D eigenvalue weighted by Crippen LogP contribution is -2.50. The van der Waals surface area contributed by atoms with Crippen LogP contribution in [0.25, 0.3) is 0 Å². The van der Waals surface area contributed by atoms with Gasteiger partial charge in [0.2, 0.25) is 5.91 Å². The van der Waals surface area contributed by atoms with Gasteiger partial charge in [0.05, 0.1) is 12.1 Å². The van der Waals surface area contributed by atoms with Gasteiger partial charge in [0, 0.05) is 0 Å². The molecule has 0 aliphatic heterocycles. The Labute approximate surface area is 89.4 Å². The first-order valence-electron chi connectivity index (χ1n) is 5.08. The van der Waals surface area contributed by atoms with Crippen LogP contribution in [-0.2, 0) is 9.59 Å². The molecule has 0 spiro atoms. The topological polar surface area (TPSA) is 72.2 Å². The molecule has 0 aromatic heterocycles. The number of Topliss-reactive ketones (excluding diaryl/α,β-unsaturated/α-hetero) is 1. The number of ketones is 1. The van der Waals surface area contributed by atoms with E-state index in [0.29, 0.717) is 6.42 Å². The summed E-state index contributed by atoms with van der Waals surface area (Å²) in [5.41, 5.74) is 5.59. The average Bonchev–Trinajstić information content (AvgIpc) is 2.22. The summed E-state index contributed by atoms with van der Waals surface area (Å²) in [6.45, 7) is 4.26. The van der Waals surface area contributed by atoms with Crippen LogP contribution in [-0.4, -0.2) is 30.4 Å². The molecule has 0 saturated carbocycles. The predicted octanol–water partition coefficient (Wildman–Crippen LogP) is 0.403. The van der Waals surface area contributed by atoms with Crippen molar-refractivity contribution < 1.29 is 14.0 Å². The number of nitrogens with one attached hydrogen (secondary N) is 1. The van der Waals surface area contributed by atoms with E-state index >= 15 is 0 Å². The molecular weight excluding hydrogens is 199 g/mol. The molecule has 2 atom stereocenters. The van der Waals surface area contributed by atoms with Crippen LogP contribution in [0.4, 0.5) is 4.39 Å². The normalized spacial score (nSPS) is 14.8. The van der Waals surface area contributed by atoms with Crippen molar-refractivity contribution in [1.29, 1.82) is 0 Å². The smallest absolute Gasteiger partial charge is 0.237 e. The highest BCUT2D eigenvalue weighted by Gasteiger charge is 2.23. The largest absolute Gasteiger partial charge is 0.345 e. The lowest BCUT2D eigenvalue weighted by Gasteiger charge is -2.19. The van der Waals surface area contributed by atoms with Crippen molar-refractivity contribution in [1.82, 2.24) is 5.32 Å². The monoisotopic (exact) mass is 218 g/mol. The van der Waals surface area contributed by atoms with E-state index in [2.05, 4.69) is 5.32 Å². The summed E-state index contributed by atoms with van der Waals surface area (Å²) in [6, 6.07) is -1.42. The van der Waals surface area contributed by atoms with Crippen LogP contribution >= 0.6 is 0 Å². The standard InChI is InChI=1S/C10H19FN2O2/c1-4-7(8(14)5-11)13-10(15)9(12)6(2)3/h6-7,9H,4-5,12H2,1-3H3,(H,13,15)/t7?,9-/m0/s1. The Balaban J connectivity index is 4.30. The average molecular weight is 218 g/mol. The third-order valence-corrected chi connectivity index (χ3v) is 2.27. The highest BCUT2D eigenvalue weighted by atomic mass is 19.1. The number of carbonyl (C=O) groups is 2. The van der Waals surface area contributed by atoms with Gasteiger partial charge < -0.3 is 11.1 Å². The van der Waals surface area contributed by atoms with Gasteiger partial charge in [0.15, 0.2) is 5.78 Å². The van der Waals surface area contributed by atoms with Crippen molar-refractivity contribution >= 4 is 11.7 Å². The highest BCUT2D eigenvalue weighted by molar-refractivity contribution is 5.91. The maximum absolute atomic E-state index is 12.1. The molecule has 0 aromatic rings. The van der Waals surface area contributed by atoms with Gasteiger partial charge in [0.1, 0.15) is 6.67 Å². The van der Waals surface area contributed by atoms with Crippen LogP contribution in [0.1, 0.15) is 27.2 Å². The fourth-order valence-corrected chi connectivity index (χ4v) is 1.07. The summed E-state index contributed by atoms with van der Waals surface area (Å²) in [5, 5.41) is 2.45. The first kappa shape index (κ1) is 14.0. The van der Waals surface area contributed by atoms with Gasteiger partial charge in [-0.25, -0.2) is 4.39 Å². The number of nitrogens with two attached hydrogens (primary N) is 1. The number of amides is 1. The molecule has 5 heteroatoms. The zero-order chi connectivity index (χ0) is 12.0. The number of hydrogen-bond acceptors (Lipinski definition) is 3. The maximum atomic E-state index is 12.1. The second-order valence-corrected chi connectivity index (χ2v) is 3.84. The van der Waals surface area contributed by atoms with Crippen molar-refractivity contribution in [3.63, 3.8) is 0 Å². The number of rotatable bonds is 6. The summed E-state index contributed by atoms with van der Waals surface area (Å²) >= 11 is 0. The molecule has 0 fully saturated rings. The highest BCUT2D eigenvalue weighted by Crippen LogP contribution is 2.00. The molecule has 0 saturated heterocycles. The van der Waals surface area contributed by atoms with Gasteiger partial charge in [-0.1, -0.05) is 20.8 Å². The number of carbonyl (C=O) groups excluding carboxylic acids is 2. The summed E-state index contributed by atoms with van der Waals surface area (Å²) in [5.74, 6) is -1.02. The Morgan fingerprint density at radius 2 is 1.93 bits per heavy atom. The van der Waals surface area contributed by atoms with Gasteiger partial charge in [0.25, 0.3) is 0 Å². The Morgan fingerprint density at radius 1 is 1.40 bits per heavy atom. The lowest BCUT2D eigenvalue weighted by atomic mass is 10.0. The van der Waals surface area contributed by atoms with Gasteiger partial charge >= 0.3 is 0 Å². The van der Waals surface area contributed by atoms with E-state index in [9.17, 15) is 14.0 Å². The Bertz CT molecular complexity index is 231. The minimum Gasteiger partial charge on any atom is -0.345 e. The molecule has 4 nitrogen and oxygen atoms in total. The fraction of sp³-hybridized carbons (Fsp3) is 0.800. The van der Waals surface area contributed by atoms with E-state index in [1.54, 1.807) is 6.92 Å². The molecule has 0 aromatic carbocycles. The van der Waals surface area contributed by atoms with Gasteiger partial charge in [-0.3, -0.25) is 9.59 Å². The van der Waals surface area contributed by atoms with Gasteiger partial charge in [-0.15, -0.1) is 0 Å². The third kappa shape index (κ3) is 4.38. The van der Waals surface area contributed by atoms with Crippen molar-refractivity contribution in [2.45, 2.75) is 39.3 Å². The molecule has 1 amide bonds. The summed E-state index contributed by atoms with van der Waals surface area (Å²) in [7, 11) is 0. The SMILES string of the molecule is CCC(NC(=O)[C@@H](N)C(C)C)C(=O)CF. The molecule has 15 heavy (non-hydrogen) atoms. The molecule has 0 radical (unpaired) electrons. The Kier molecular flexibility index (Phi) is 6.08. The van der Waals surface area contributed by atoms with Crippen molar-refractivity contribution in [3.05, 3.63) is 0 Å². The number of halogens is 1. The van der Waals surface area contributed by atoms with Crippen molar-refractivity contribution in [2.24, 2.45) is 11.7 Å². The Hall–Kier alpha value is -0.970. The van der Waals surface area contributed by atoms with E-state index in [4.69, 9.17) is 5.73 Å². The molecule has 0 aliphatic carbocycles. The van der Waals surface area contributed by atoms with Crippen molar-refractivity contribution in [2.75, 3.05) is 6.67 Å². The molecule has 0 heterocycles. The van der Waals surface area contributed by atoms with E-state index in [-0.39, 0.29) is 5.92 Å². The summed E-state index contributed by atoms with van der Waals surface area (Å²) < 4.78 is 12.1. The first-order chi connectivity index (χ1) is 6.93. The molecule has 0 aliphatic rings. The van der Waals surface area contributed by atoms with Crippen LogP contribution in [0.2, 0.25) is 0 Å². The van der Waals surface area contributed by atoms with Crippen LogP contribution in [0.15, 0.2) is 0 Å². The maximum Gasteiger partial charge on any atom is 0.237 e. The second kappa shape index (κ2) is 6.50. The molecule has 0 bridgehead atoms. The minimum atomic E-state index is -1.06. The van der Waals surface area contributed by atoms with Crippen LogP contribution in [0.5, 0.6) is 0 Å². The number of hydrogen-bond donors (Lipinski definition) is 2. The van der Waals surface area contributed by atoms with E-state index in [0.717, 1.165) is 0 Å². The Morgan fingerprint density at radius 3 is 2.27 bits per heavy atom. The zero-order valence-electron chi connectivity index (χ0n) is 9.42. The van der Waals surface area contributed by atoms with Crippen LogP contribution in [0, 0.1) is 5.92 Å². The molecular formula is C10H19FN2O2. The van der Waals surface area contributed by atoms with E-state index in [1.165, 1.54) is 0 Å². The zero-order valence-corrected chi connectivity index (χ0v) is 9.42. The quantitative estimate of drug-likeness (QED) is 0.678. The fourth-order valence-electron chi connectivity index (χ4n) is 1.07. The van der Waals surface area contributed by atoms with Crippen LogP contribution in [0.3, 0.4) is 0 Å². The van der Waals surface area contributed by atoms with E-state index < -0.39 is 30.4 Å².